The van der Waals surface area contributed by atoms with Gasteiger partial charge in [-0.05, 0) is 62.5 Å². The van der Waals surface area contributed by atoms with Crippen LogP contribution in [0.1, 0.15) is 31.7 Å². The summed E-state index contributed by atoms with van der Waals surface area (Å²) in [4.78, 5) is 11.3. The molecule has 6 heteroatoms. The van der Waals surface area contributed by atoms with E-state index in [0.29, 0.717) is 0 Å². The lowest BCUT2D eigenvalue weighted by Gasteiger charge is -2.31. The molecule has 0 amide bonds. The van der Waals surface area contributed by atoms with E-state index >= 15 is 0 Å². The van der Waals surface area contributed by atoms with Crippen LogP contribution in [-0.4, -0.2) is 49.1 Å². The van der Waals surface area contributed by atoms with Gasteiger partial charge in [-0.3, -0.25) is 9.98 Å². The van der Waals surface area contributed by atoms with E-state index < -0.39 is 0 Å². The van der Waals surface area contributed by atoms with Crippen molar-refractivity contribution in [2.24, 2.45) is 10.9 Å². The maximum absolute atomic E-state index is 4.42. The van der Waals surface area contributed by atoms with Gasteiger partial charge in [0.2, 0.25) is 0 Å². The molecular formula is C21H32IN5. The molecule has 1 aromatic heterocycles. The van der Waals surface area contributed by atoms with E-state index in [1.54, 1.807) is 0 Å². The number of fused-ring (bicyclic) bond motifs is 1. The maximum atomic E-state index is 4.42. The molecule has 27 heavy (non-hydrogen) atoms. The average molecular weight is 481 g/mol. The topological polar surface area (TPSA) is 52.5 Å². The molecule has 2 N–H and O–H groups in total. The Labute approximate surface area is 180 Å². The number of aromatic nitrogens is 1. The Kier molecular flexibility index (Phi) is 9.27. The van der Waals surface area contributed by atoms with Gasteiger partial charge in [-0.1, -0.05) is 25.1 Å². The Balaban J connectivity index is 0.00000261. The van der Waals surface area contributed by atoms with Crippen LogP contribution >= 0.6 is 24.0 Å². The summed E-state index contributed by atoms with van der Waals surface area (Å²) in [5.41, 5.74) is 2.28. The summed E-state index contributed by atoms with van der Waals surface area (Å²) in [5, 5.41) is 8.10. The van der Waals surface area contributed by atoms with Crippen LogP contribution in [0.2, 0.25) is 0 Å². The van der Waals surface area contributed by atoms with Crippen LogP contribution in [-0.2, 0) is 6.54 Å². The molecule has 2 aromatic rings. The van der Waals surface area contributed by atoms with Gasteiger partial charge in [0, 0.05) is 31.7 Å². The second kappa shape index (κ2) is 11.4. The number of aliphatic imine (C=N–C) groups is 1. The van der Waals surface area contributed by atoms with Gasteiger partial charge in [-0.2, -0.15) is 0 Å². The molecule has 2 heterocycles. The minimum absolute atomic E-state index is 0. The number of halogens is 1. The first-order valence-corrected chi connectivity index (χ1v) is 9.79. The smallest absolute Gasteiger partial charge is 0.191 e. The number of likely N-dealkylation sites (tertiary alicyclic amines) is 1. The van der Waals surface area contributed by atoms with Crippen molar-refractivity contribution in [3.8, 4) is 0 Å². The second-order valence-electron chi connectivity index (χ2n) is 7.01. The van der Waals surface area contributed by atoms with Gasteiger partial charge in [0.05, 0.1) is 5.52 Å². The van der Waals surface area contributed by atoms with E-state index in [4.69, 9.17) is 0 Å². The summed E-state index contributed by atoms with van der Waals surface area (Å²) in [5.74, 6) is 1.71. The Morgan fingerprint density at radius 3 is 2.70 bits per heavy atom. The first-order valence-electron chi connectivity index (χ1n) is 9.79. The number of pyridine rings is 1. The highest BCUT2D eigenvalue weighted by Gasteiger charge is 2.17. The zero-order valence-corrected chi connectivity index (χ0v) is 18.8. The standard InChI is InChI=1S/C21H31N5.HI/c1-3-26-14-10-17(11-15-26)8-12-24-21(22-2)25-16-18-9-13-23-20-7-5-4-6-19(18)20;/h4-7,9,13,17H,3,8,10-12,14-16H2,1-2H3,(H2,22,24,25);1H. The van der Waals surface area contributed by atoms with Gasteiger partial charge in [0.25, 0.3) is 0 Å². The molecule has 1 fully saturated rings. The van der Waals surface area contributed by atoms with Crippen LogP contribution in [0.4, 0.5) is 0 Å². The van der Waals surface area contributed by atoms with E-state index in [1.807, 2.05) is 19.3 Å². The van der Waals surface area contributed by atoms with Gasteiger partial charge in [-0.25, -0.2) is 0 Å². The third-order valence-electron chi connectivity index (χ3n) is 5.41. The summed E-state index contributed by atoms with van der Waals surface area (Å²) in [6, 6.07) is 10.3. The molecule has 0 unspecified atom stereocenters. The van der Waals surface area contributed by atoms with E-state index in [9.17, 15) is 0 Å². The van der Waals surface area contributed by atoms with Gasteiger partial charge < -0.3 is 15.5 Å². The van der Waals surface area contributed by atoms with Crippen LogP contribution in [0.25, 0.3) is 10.9 Å². The molecular weight excluding hydrogens is 449 g/mol. The van der Waals surface area contributed by atoms with Crippen molar-refractivity contribution < 1.29 is 0 Å². The molecule has 1 aromatic carbocycles. The molecule has 0 aliphatic carbocycles. The Morgan fingerprint density at radius 2 is 1.96 bits per heavy atom. The third-order valence-corrected chi connectivity index (χ3v) is 5.41. The molecule has 0 saturated carbocycles. The minimum atomic E-state index is 0. The number of nitrogens with zero attached hydrogens (tertiary/aromatic N) is 3. The van der Waals surface area contributed by atoms with Gasteiger partial charge in [0.1, 0.15) is 0 Å². The summed E-state index contributed by atoms with van der Waals surface area (Å²) in [6.07, 6.45) is 5.74. The predicted molar refractivity (Wildman–Crippen MR) is 125 cm³/mol. The van der Waals surface area contributed by atoms with Crippen molar-refractivity contribution in [3.63, 3.8) is 0 Å². The molecule has 0 radical (unpaired) electrons. The van der Waals surface area contributed by atoms with Crippen molar-refractivity contribution in [3.05, 3.63) is 42.1 Å². The van der Waals surface area contributed by atoms with Crippen LogP contribution in [0, 0.1) is 5.92 Å². The first kappa shape index (κ1) is 21.9. The number of hydrogen-bond donors (Lipinski definition) is 2. The highest BCUT2D eigenvalue weighted by Crippen LogP contribution is 2.19. The third kappa shape index (κ3) is 6.31. The number of rotatable bonds is 6. The summed E-state index contributed by atoms with van der Waals surface area (Å²) in [7, 11) is 1.83. The molecule has 1 aliphatic rings. The monoisotopic (exact) mass is 481 g/mol. The highest BCUT2D eigenvalue weighted by atomic mass is 127. The van der Waals surface area contributed by atoms with E-state index in [1.165, 1.54) is 49.8 Å². The number of nitrogens with one attached hydrogen (secondary N) is 2. The largest absolute Gasteiger partial charge is 0.356 e. The normalized spacial score (nSPS) is 16.1. The lowest BCUT2D eigenvalue weighted by molar-refractivity contribution is 0.187. The van der Waals surface area contributed by atoms with E-state index in [0.717, 1.165) is 30.5 Å². The molecule has 0 bridgehead atoms. The minimum Gasteiger partial charge on any atom is -0.356 e. The fraction of sp³-hybridized carbons (Fsp3) is 0.524. The van der Waals surface area contributed by atoms with Crippen LogP contribution in [0.15, 0.2) is 41.5 Å². The van der Waals surface area contributed by atoms with Gasteiger partial charge in [0.15, 0.2) is 5.96 Å². The first-order chi connectivity index (χ1) is 12.8. The maximum Gasteiger partial charge on any atom is 0.191 e. The fourth-order valence-corrected chi connectivity index (χ4v) is 3.69. The molecule has 1 saturated heterocycles. The molecule has 1 aliphatic heterocycles. The van der Waals surface area contributed by atoms with Crippen molar-refractivity contribution in [1.29, 1.82) is 0 Å². The van der Waals surface area contributed by atoms with Crippen LogP contribution in [0.3, 0.4) is 0 Å². The van der Waals surface area contributed by atoms with Crippen LogP contribution < -0.4 is 10.6 Å². The average Bonchev–Trinajstić information content (AvgIpc) is 2.71. The zero-order chi connectivity index (χ0) is 18.2. The summed E-state index contributed by atoms with van der Waals surface area (Å²) >= 11 is 0. The molecule has 5 nitrogen and oxygen atoms in total. The molecule has 148 valence electrons. The summed E-state index contributed by atoms with van der Waals surface area (Å²) < 4.78 is 0. The lowest BCUT2D eigenvalue weighted by Crippen LogP contribution is -2.39. The quantitative estimate of drug-likeness (QED) is 0.376. The molecule has 3 rings (SSSR count). The number of hydrogen-bond acceptors (Lipinski definition) is 3. The predicted octanol–water partition coefficient (Wildman–Crippen LogP) is 3.64. The van der Waals surface area contributed by atoms with Gasteiger partial charge in [-0.15, -0.1) is 24.0 Å². The number of benzene rings is 1. The highest BCUT2D eigenvalue weighted by molar-refractivity contribution is 14.0. The number of para-hydroxylation sites is 1. The van der Waals surface area contributed by atoms with Gasteiger partial charge >= 0.3 is 0 Å². The SMILES string of the molecule is CCN1CCC(CCNC(=NC)NCc2ccnc3ccccc23)CC1.I. The van der Waals surface area contributed by atoms with Crippen molar-refractivity contribution in [1.82, 2.24) is 20.5 Å². The Bertz CT molecular complexity index is 720. The number of piperidine rings is 1. The van der Waals surface area contributed by atoms with Crippen molar-refractivity contribution in [2.75, 3.05) is 33.2 Å². The Hall–Kier alpha value is -1.41. The van der Waals surface area contributed by atoms with E-state index in [2.05, 4.69) is 56.7 Å². The molecule has 0 spiro atoms. The van der Waals surface area contributed by atoms with E-state index in [-0.39, 0.29) is 24.0 Å². The second-order valence-corrected chi connectivity index (χ2v) is 7.01. The number of guanidine groups is 1. The van der Waals surface area contributed by atoms with Crippen molar-refractivity contribution in [2.45, 2.75) is 32.7 Å². The Morgan fingerprint density at radius 1 is 1.19 bits per heavy atom. The van der Waals surface area contributed by atoms with Crippen molar-refractivity contribution >= 4 is 40.8 Å². The molecule has 0 atom stereocenters. The van der Waals surface area contributed by atoms with Crippen LogP contribution in [0.5, 0.6) is 0 Å². The fourth-order valence-electron chi connectivity index (χ4n) is 3.69. The lowest BCUT2D eigenvalue weighted by atomic mass is 9.93. The zero-order valence-electron chi connectivity index (χ0n) is 16.4. The summed E-state index contributed by atoms with van der Waals surface area (Å²) in [6.45, 7) is 7.67.